The van der Waals surface area contributed by atoms with Crippen LogP contribution in [-0.2, 0) is 6.18 Å². The zero-order valence-corrected chi connectivity index (χ0v) is 11.9. The molecule has 1 fully saturated rings. The van der Waals surface area contributed by atoms with Gasteiger partial charge < -0.3 is 4.90 Å². The summed E-state index contributed by atoms with van der Waals surface area (Å²) in [5, 5.41) is 10.2. The average Bonchev–Trinajstić information content (AvgIpc) is 2.95. The van der Waals surface area contributed by atoms with Gasteiger partial charge in [0.1, 0.15) is 0 Å². The first-order valence-electron chi connectivity index (χ1n) is 6.45. The lowest BCUT2D eigenvalue weighted by atomic mass is 10.0. The van der Waals surface area contributed by atoms with Gasteiger partial charge in [-0.2, -0.15) is 17.7 Å². The first-order chi connectivity index (χ1) is 9.86. The van der Waals surface area contributed by atoms with Crippen molar-refractivity contribution in [3.8, 4) is 0 Å². The summed E-state index contributed by atoms with van der Waals surface area (Å²) in [4.78, 5) is 13.9. The summed E-state index contributed by atoms with van der Waals surface area (Å²) >= 11 is 0.824. The van der Waals surface area contributed by atoms with E-state index in [9.17, 15) is 18.0 Å². The van der Waals surface area contributed by atoms with E-state index >= 15 is 0 Å². The Bertz CT molecular complexity index is 679. The number of fused-ring (bicyclic) bond motifs is 1. The van der Waals surface area contributed by atoms with Crippen molar-refractivity contribution in [2.75, 3.05) is 13.1 Å². The number of nitrogens with zero attached hydrogens (tertiary/aromatic N) is 5. The van der Waals surface area contributed by atoms with E-state index < -0.39 is 12.0 Å². The summed E-state index contributed by atoms with van der Waals surface area (Å²) in [7, 11) is 0. The first kappa shape index (κ1) is 14.2. The summed E-state index contributed by atoms with van der Waals surface area (Å²) in [6, 6.07) is 0. The minimum absolute atomic E-state index is 0.0134. The molecule has 0 saturated carbocycles. The smallest absolute Gasteiger partial charge is 0.336 e. The normalized spacial score (nSPS) is 20.2. The minimum Gasteiger partial charge on any atom is -0.336 e. The molecular formula is C11H12F3N5OS. The third-order valence-electron chi connectivity index (χ3n) is 3.37. The number of aromatic nitrogens is 4. The zero-order chi connectivity index (χ0) is 15.2. The number of hydrogen-bond acceptors (Lipinski definition) is 5. The molecule has 0 aliphatic carbocycles. The summed E-state index contributed by atoms with van der Waals surface area (Å²) < 4.78 is 38.7. The standard InChI is InChI=1S/C11H12F3N5OS/c1-6-3-2-4-18(5-6)8(20)7-17-19-9(11(12,13)14)15-16-10(19)21-7/h6H,2-5H2,1H3. The molecule has 2 aromatic heterocycles. The second kappa shape index (κ2) is 4.93. The molecule has 0 spiro atoms. The highest BCUT2D eigenvalue weighted by atomic mass is 32.1. The first-order valence-corrected chi connectivity index (χ1v) is 7.26. The number of carbonyl (C=O) groups excluding carboxylic acids is 1. The fourth-order valence-electron chi connectivity index (χ4n) is 2.39. The van der Waals surface area contributed by atoms with E-state index in [-0.39, 0.29) is 15.9 Å². The van der Waals surface area contributed by atoms with Crippen LogP contribution in [0, 0.1) is 5.92 Å². The molecule has 0 N–H and O–H groups in total. The third kappa shape index (κ3) is 2.59. The lowest BCUT2D eigenvalue weighted by molar-refractivity contribution is -0.146. The van der Waals surface area contributed by atoms with Crippen molar-refractivity contribution in [1.29, 1.82) is 0 Å². The van der Waals surface area contributed by atoms with Crippen molar-refractivity contribution >= 4 is 22.2 Å². The van der Waals surface area contributed by atoms with E-state index in [1.165, 1.54) is 0 Å². The van der Waals surface area contributed by atoms with Gasteiger partial charge in [0.2, 0.25) is 9.97 Å². The van der Waals surface area contributed by atoms with Crippen molar-refractivity contribution in [2.24, 2.45) is 5.92 Å². The van der Waals surface area contributed by atoms with Gasteiger partial charge in [-0.15, -0.1) is 15.3 Å². The summed E-state index contributed by atoms with van der Waals surface area (Å²) in [6.45, 7) is 3.25. The van der Waals surface area contributed by atoms with Crippen LogP contribution in [-0.4, -0.2) is 43.7 Å². The summed E-state index contributed by atoms with van der Waals surface area (Å²) in [5.74, 6) is -1.16. The molecule has 3 rings (SSSR count). The fourth-order valence-corrected chi connectivity index (χ4v) is 3.20. The molecule has 1 amide bonds. The fraction of sp³-hybridized carbons (Fsp3) is 0.636. The van der Waals surface area contributed by atoms with Crippen LogP contribution in [0.5, 0.6) is 0 Å². The monoisotopic (exact) mass is 319 g/mol. The van der Waals surface area contributed by atoms with Crippen molar-refractivity contribution in [3.63, 3.8) is 0 Å². The second-order valence-electron chi connectivity index (χ2n) is 5.12. The van der Waals surface area contributed by atoms with Crippen LogP contribution < -0.4 is 0 Å². The Morgan fingerprint density at radius 1 is 1.38 bits per heavy atom. The van der Waals surface area contributed by atoms with Gasteiger partial charge in [-0.05, 0) is 18.8 Å². The third-order valence-corrected chi connectivity index (χ3v) is 4.26. The Morgan fingerprint density at radius 3 is 2.81 bits per heavy atom. The topological polar surface area (TPSA) is 63.4 Å². The predicted octanol–water partition coefficient (Wildman–Crippen LogP) is 2.08. The van der Waals surface area contributed by atoms with E-state index in [1.54, 1.807) is 4.90 Å². The molecule has 6 nitrogen and oxygen atoms in total. The molecule has 1 aliphatic rings. The maximum absolute atomic E-state index is 12.7. The van der Waals surface area contributed by atoms with Crippen LogP contribution in [0.4, 0.5) is 13.2 Å². The van der Waals surface area contributed by atoms with Crippen LogP contribution in [0.2, 0.25) is 0 Å². The summed E-state index contributed by atoms with van der Waals surface area (Å²) in [6.07, 6.45) is -2.70. The number of rotatable bonds is 1. The maximum Gasteiger partial charge on any atom is 0.453 e. The highest BCUT2D eigenvalue weighted by Crippen LogP contribution is 2.29. The van der Waals surface area contributed by atoms with Crippen molar-refractivity contribution in [3.05, 3.63) is 10.8 Å². The van der Waals surface area contributed by atoms with Crippen LogP contribution in [0.1, 0.15) is 35.4 Å². The maximum atomic E-state index is 12.7. The Balaban J connectivity index is 1.91. The molecule has 21 heavy (non-hydrogen) atoms. The SMILES string of the molecule is CC1CCCN(C(=O)c2nn3c(C(F)(F)F)nnc3s2)C1. The van der Waals surface area contributed by atoms with Gasteiger partial charge in [0.15, 0.2) is 0 Å². The molecule has 0 radical (unpaired) electrons. The highest BCUT2D eigenvalue weighted by Gasteiger charge is 2.39. The number of piperidine rings is 1. The van der Waals surface area contributed by atoms with E-state index in [1.807, 2.05) is 6.92 Å². The zero-order valence-electron chi connectivity index (χ0n) is 11.1. The summed E-state index contributed by atoms with van der Waals surface area (Å²) in [5.41, 5.74) is 0. The lowest BCUT2D eigenvalue weighted by Crippen LogP contribution is -2.39. The van der Waals surface area contributed by atoms with Gasteiger partial charge in [-0.1, -0.05) is 18.3 Å². The Hall–Kier alpha value is -1.71. The molecule has 114 valence electrons. The van der Waals surface area contributed by atoms with Crippen LogP contribution >= 0.6 is 11.3 Å². The molecule has 1 aliphatic heterocycles. The largest absolute Gasteiger partial charge is 0.453 e. The molecule has 10 heteroatoms. The molecule has 1 unspecified atom stereocenters. The number of amides is 1. The quantitative estimate of drug-likeness (QED) is 0.807. The van der Waals surface area contributed by atoms with E-state index in [0.717, 1.165) is 24.2 Å². The van der Waals surface area contributed by atoms with E-state index in [4.69, 9.17) is 0 Å². The Morgan fingerprint density at radius 2 is 2.14 bits per heavy atom. The van der Waals surface area contributed by atoms with Crippen molar-refractivity contribution in [1.82, 2.24) is 24.7 Å². The predicted molar refractivity (Wildman–Crippen MR) is 68.0 cm³/mol. The van der Waals surface area contributed by atoms with Crippen LogP contribution in [0.25, 0.3) is 4.96 Å². The Labute approximate surface area is 121 Å². The van der Waals surface area contributed by atoms with Crippen molar-refractivity contribution in [2.45, 2.75) is 25.9 Å². The van der Waals surface area contributed by atoms with E-state index in [0.29, 0.717) is 23.5 Å². The van der Waals surface area contributed by atoms with Crippen LogP contribution in [0.15, 0.2) is 0 Å². The molecule has 1 atom stereocenters. The van der Waals surface area contributed by atoms with Gasteiger partial charge in [0.05, 0.1) is 0 Å². The lowest BCUT2D eigenvalue weighted by Gasteiger charge is -2.30. The van der Waals surface area contributed by atoms with Gasteiger partial charge in [-0.3, -0.25) is 4.79 Å². The number of hydrogen-bond donors (Lipinski definition) is 0. The number of likely N-dealkylation sites (tertiary alicyclic amines) is 1. The Kier molecular flexibility index (Phi) is 3.34. The second-order valence-corrected chi connectivity index (χ2v) is 6.08. The highest BCUT2D eigenvalue weighted by molar-refractivity contribution is 7.18. The van der Waals surface area contributed by atoms with Gasteiger partial charge in [0, 0.05) is 13.1 Å². The molecular weight excluding hydrogens is 307 g/mol. The number of alkyl halides is 3. The minimum atomic E-state index is -4.65. The molecule has 3 heterocycles. The van der Waals surface area contributed by atoms with Gasteiger partial charge in [0.25, 0.3) is 11.7 Å². The van der Waals surface area contributed by atoms with Crippen molar-refractivity contribution < 1.29 is 18.0 Å². The average molecular weight is 319 g/mol. The molecule has 0 bridgehead atoms. The van der Waals surface area contributed by atoms with Gasteiger partial charge >= 0.3 is 6.18 Å². The van der Waals surface area contributed by atoms with E-state index in [2.05, 4.69) is 15.3 Å². The molecule has 2 aromatic rings. The van der Waals surface area contributed by atoms with Crippen LogP contribution in [0.3, 0.4) is 0 Å². The molecule has 0 aromatic carbocycles. The number of halogens is 3. The van der Waals surface area contributed by atoms with Gasteiger partial charge in [-0.25, -0.2) is 0 Å². The number of carbonyl (C=O) groups is 1. The molecule has 1 saturated heterocycles.